The quantitative estimate of drug-likeness (QED) is 0.349. The van der Waals surface area contributed by atoms with E-state index < -0.39 is 5.91 Å². The van der Waals surface area contributed by atoms with E-state index in [0.29, 0.717) is 6.54 Å². The predicted molar refractivity (Wildman–Crippen MR) is 37.0 cm³/mol. The summed E-state index contributed by atoms with van der Waals surface area (Å²) in [5, 5.41) is 0. The van der Waals surface area contributed by atoms with Crippen LogP contribution in [0, 0.1) is 0 Å². The Bertz CT molecular complexity index is 123. The minimum Gasteiger partial charge on any atom is -0.664 e. The third-order valence-corrected chi connectivity index (χ3v) is 0.740. The van der Waals surface area contributed by atoms with Gasteiger partial charge in [-0.2, -0.15) is 0 Å². The fourth-order valence-corrected chi connectivity index (χ4v) is 0.371. The van der Waals surface area contributed by atoms with Crippen LogP contribution >= 0.6 is 0 Å². The zero-order valence-corrected chi connectivity index (χ0v) is 9.84. The van der Waals surface area contributed by atoms with Gasteiger partial charge in [0.05, 0.1) is 5.91 Å². The van der Waals surface area contributed by atoms with Gasteiger partial charge in [0.2, 0.25) is 0 Å². The smallest absolute Gasteiger partial charge is 0.664 e. The first-order chi connectivity index (χ1) is 4.13. The molecule has 0 saturated heterocycles. The van der Waals surface area contributed by atoms with Gasteiger partial charge in [0, 0.05) is 6.54 Å². The maximum atomic E-state index is 9.99. The summed E-state index contributed by atoms with van der Waals surface area (Å²) in [5.41, 5.74) is 6.48. The van der Waals surface area contributed by atoms with E-state index in [1.54, 1.807) is 6.08 Å². The second-order valence-electron chi connectivity index (χ2n) is 2.03. The van der Waals surface area contributed by atoms with Crippen molar-refractivity contribution in [3.05, 3.63) is 17.9 Å². The van der Waals surface area contributed by atoms with Gasteiger partial charge in [-0.05, 0) is 20.2 Å². The van der Waals surface area contributed by atoms with Gasteiger partial charge in [0.25, 0.3) is 0 Å². The van der Waals surface area contributed by atoms with E-state index in [1.165, 1.54) is 6.08 Å². The van der Waals surface area contributed by atoms with E-state index in [0.717, 1.165) is 0 Å². The van der Waals surface area contributed by atoms with Crippen molar-refractivity contribution in [2.24, 2.45) is 0 Å². The molecule has 0 heterocycles. The summed E-state index contributed by atoms with van der Waals surface area (Å²) in [5.74, 6) is -0.642. The summed E-state index contributed by atoms with van der Waals surface area (Å²) < 4.78 is 0. The Hall–Kier alpha value is 0.806. The van der Waals surface area contributed by atoms with E-state index in [2.05, 4.69) is 0 Å². The van der Waals surface area contributed by atoms with Gasteiger partial charge in [0.15, 0.2) is 0 Å². The molecule has 0 bridgehead atoms. The van der Waals surface area contributed by atoms with Crippen LogP contribution in [0.2, 0.25) is 0 Å². The largest absolute Gasteiger partial charge is 1.00 e. The Kier molecular flexibility index (Phi) is 10.6. The summed E-state index contributed by atoms with van der Waals surface area (Å²) in [6.45, 7) is 0.713. The summed E-state index contributed by atoms with van der Waals surface area (Å²) in [7, 11) is 3.80. The van der Waals surface area contributed by atoms with Gasteiger partial charge in [-0.15, -0.1) is 0 Å². The molecule has 3 nitrogen and oxygen atoms in total. The molecule has 52 valence electrons. The third-order valence-electron chi connectivity index (χ3n) is 0.740. The summed E-state index contributed by atoms with van der Waals surface area (Å²) in [6.07, 6.45) is 2.91. The van der Waals surface area contributed by atoms with Crippen molar-refractivity contribution < 1.29 is 56.2 Å². The van der Waals surface area contributed by atoms with Crippen molar-refractivity contribution in [2.45, 2.75) is 0 Å². The van der Waals surface area contributed by atoms with Crippen LogP contribution in [0.15, 0.2) is 12.2 Å². The molecular formula is C6H11KN2O. The number of amides is 1. The van der Waals surface area contributed by atoms with E-state index in [1.807, 2.05) is 19.0 Å². The molecule has 0 unspecified atom stereocenters. The first kappa shape index (κ1) is 13.4. The van der Waals surface area contributed by atoms with Crippen LogP contribution in [-0.4, -0.2) is 31.4 Å². The Morgan fingerprint density at radius 3 is 2.40 bits per heavy atom. The van der Waals surface area contributed by atoms with Gasteiger partial charge in [-0.1, -0.05) is 6.08 Å². The first-order valence-electron chi connectivity index (χ1n) is 2.70. The van der Waals surface area contributed by atoms with Crippen molar-refractivity contribution >= 4 is 5.91 Å². The molecule has 0 radical (unpaired) electrons. The minimum absolute atomic E-state index is 0. The SMILES string of the molecule is CN(C)C/C=C/C([NH-])=O.[K+]. The normalized spacial score (nSPS) is 9.90. The van der Waals surface area contributed by atoms with Crippen LogP contribution in [0.25, 0.3) is 5.73 Å². The standard InChI is InChI=1S/C6H12N2O.K/c1-8(2)5-3-4-6(7)9;/h3-4H,5H2,1-2H3,(H2,7,9);/q;+1/p-1/b4-3+;. The van der Waals surface area contributed by atoms with E-state index in [9.17, 15) is 4.79 Å². The van der Waals surface area contributed by atoms with Gasteiger partial charge < -0.3 is 15.4 Å². The second kappa shape index (κ2) is 7.91. The van der Waals surface area contributed by atoms with Crippen molar-refractivity contribution in [1.82, 2.24) is 4.90 Å². The molecule has 0 aromatic rings. The summed E-state index contributed by atoms with van der Waals surface area (Å²) in [4.78, 5) is 11.9. The molecule has 0 aromatic heterocycles. The molecule has 0 saturated carbocycles. The van der Waals surface area contributed by atoms with E-state index >= 15 is 0 Å². The molecule has 0 rings (SSSR count). The number of hydrogen-bond donors (Lipinski definition) is 0. The van der Waals surface area contributed by atoms with Gasteiger partial charge >= 0.3 is 51.4 Å². The van der Waals surface area contributed by atoms with Crippen molar-refractivity contribution in [1.29, 1.82) is 0 Å². The number of nitrogens with zero attached hydrogens (tertiary/aromatic N) is 1. The molecule has 0 fully saturated rings. The summed E-state index contributed by atoms with van der Waals surface area (Å²) in [6, 6.07) is 0. The zero-order chi connectivity index (χ0) is 7.28. The average molecular weight is 166 g/mol. The molecule has 0 spiro atoms. The van der Waals surface area contributed by atoms with E-state index in [4.69, 9.17) is 5.73 Å². The Morgan fingerprint density at radius 1 is 1.60 bits per heavy atom. The molecule has 0 aliphatic rings. The van der Waals surface area contributed by atoms with Gasteiger partial charge in [-0.25, -0.2) is 0 Å². The maximum Gasteiger partial charge on any atom is 1.00 e. The fourth-order valence-electron chi connectivity index (χ4n) is 0.371. The third kappa shape index (κ3) is 11.6. The van der Waals surface area contributed by atoms with Crippen LogP contribution in [-0.2, 0) is 4.79 Å². The monoisotopic (exact) mass is 166 g/mol. The fraction of sp³-hybridized carbons (Fsp3) is 0.500. The molecule has 10 heavy (non-hydrogen) atoms. The molecule has 0 aromatic carbocycles. The molecule has 0 aliphatic heterocycles. The number of likely N-dealkylation sites (N-methyl/N-ethyl adjacent to an activating group) is 1. The number of carbonyl (C=O) groups excluding carboxylic acids is 1. The molecule has 0 aliphatic carbocycles. The van der Waals surface area contributed by atoms with Crippen LogP contribution in [0.1, 0.15) is 0 Å². The molecule has 4 heteroatoms. The van der Waals surface area contributed by atoms with Crippen LogP contribution in [0.5, 0.6) is 0 Å². The number of nitrogens with one attached hydrogen (secondary N) is 1. The second-order valence-corrected chi connectivity index (χ2v) is 2.03. The molecule has 1 amide bonds. The molecule has 1 N–H and O–H groups in total. The number of carbonyl (C=O) groups is 1. The van der Waals surface area contributed by atoms with Crippen molar-refractivity contribution in [2.75, 3.05) is 20.6 Å². The average Bonchev–Trinajstić information content (AvgIpc) is 1.63. The first-order valence-corrected chi connectivity index (χ1v) is 2.70. The maximum absolute atomic E-state index is 9.99. The van der Waals surface area contributed by atoms with Gasteiger partial charge in [0.1, 0.15) is 0 Å². The van der Waals surface area contributed by atoms with Crippen LogP contribution in [0.3, 0.4) is 0 Å². The van der Waals surface area contributed by atoms with Crippen molar-refractivity contribution in [3.63, 3.8) is 0 Å². The number of rotatable bonds is 3. The Labute approximate surface area is 104 Å². The Balaban J connectivity index is 0. The predicted octanol–water partition coefficient (Wildman–Crippen LogP) is -2.31. The Morgan fingerprint density at radius 2 is 2.10 bits per heavy atom. The van der Waals surface area contributed by atoms with Crippen molar-refractivity contribution in [3.8, 4) is 0 Å². The number of hydrogen-bond acceptors (Lipinski definition) is 2. The summed E-state index contributed by atoms with van der Waals surface area (Å²) >= 11 is 0. The van der Waals surface area contributed by atoms with Crippen LogP contribution < -0.4 is 51.4 Å². The van der Waals surface area contributed by atoms with Gasteiger partial charge in [-0.3, -0.25) is 0 Å². The zero-order valence-electron chi connectivity index (χ0n) is 6.72. The molecular weight excluding hydrogens is 155 g/mol. The molecule has 0 atom stereocenters. The minimum atomic E-state index is -0.642. The topological polar surface area (TPSA) is 44.1 Å². The van der Waals surface area contributed by atoms with E-state index in [-0.39, 0.29) is 51.4 Å². The van der Waals surface area contributed by atoms with Crippen LogP contribution in [0.4, 0.5) is 0 Å².